The highest BCUT2D eigenvalue weighted by molar-refractivity contribution is 5.87. The molecule has 0 saturated carbocycles. The first-order valence-electron chi connectivity index (χ1n) is 19.9. The zero-order valence-electron chi connectivity index (χ0n) is 32.8. The van der Waals surface area contributed by atoms with E-state index in [0.717, 1.165) is 66.8 Å². The molecule has 0 unspecified atom stereocenters. The van der Waals surface area contributed by atoms with Gasteiger partial charge in [-0.05, 0) is 109 Å². The van der Waals surface area contributed by atoms with Crippen LogP contribution in [-0.2, 0) is 5.41 Å². The van der Waals surface area contributed by atoms with E-state index in [1.807, 2.05) is 54.6 Å². The van der Waals surface area contributed by atoms with Crippen molar-refractivity contribution in [3.05, 3.63) is 217 Å². The normalized spacial score (nSPS) is 12.4. The lowest BCUT2D eigenvalue weighted by Crippen LogP contribution is -2.14. The molecule has 0 radical (unpaired) electrons. The Morgan fingerprint density at radius 1 is 0.339 bits per heavy atom. The van der Waals surface area contributed by atoms with Crippen molar-refractivity contribution in [2.75, 3.05) is 0 Å². The Labute approximate surface area is 345 Å². The molecule has 1 aliphatic carbocycles. The van der Waals surface area contributed by atoms with Crippen LogP contribution in [0.25, 0.3) is 94.6 Å². The molecule has 278 valence electrons. The predicted molar refractivity (Wildman–Crippen MR) is 242 cm³/mol. The van der Waals surface area contributed by atoms with Crippen LogP contribution < -0.4 is 0 Å². The zero-order chi connectivity index (χ0) is 39.9. The summed E-state index contributed by atoms with van der Waals surface area (Å²) in [6, 6.07) is 67.7. The minimum Gasteiger partial charge on any atom is -0.238 e. The highest BCUT2D eigenvalue weighted by Gasteiger charge is 2.35. The van der Waals surface area contributed by atoms with Crippen LogP contribution in [0.1, 0.15) is 25.0 Å². The molecular weight excluding hydrogens is 717 g/mol. The molecule has 0 saturated heterocycles. The van der Waals surface area contributed by atoms with E-state index in [2.05, 4.69) is 158 Å². The highest BCUT2D eigenvalue weighted by atomic mass is 15.0. The first-order valence-corrected chi connectivity index (χ1v) is 19.9. The summed E-state index contributed by atoms with van der Waals surface area (Å²) in [5.41, 5.74) is 17.1. The highest BCUT2D eigenvalue weighted by Crippen LogP contribution is 2.50. The fraction of sp³-hybridized carbons (Fsp3) is 0.0545. The van der Waals surface area contributed by atoms with Gasteiger partial charge in [0.1, 0.15) is 0 Å². The molecule has 9 aromatic rings. The molecular formula is C55H38N4. The maximum atomic E-state index is 7.63. The first kappa shape index (κ1) is 35.7. The summed E-state index contributed by atoms with van der Waals surface area (Å²) in [5, 5.41) is 0. The molecule has 1 aliphatic rings. The summed E-state index contributed by atoms with van der Waals surface area (Å²) in [4.78, 5) is 19.1. The lowest BCUT2D eigenvalue weighted by Gasteiger charge is -2.21. The van der Waals surface area contributed by atoms with Gasteiger partial charge < -0.3 is 0 Å². The number of fused-ring (bicyclic) bond motifs is 3. The van der Waals surface area contributed by atoms with E-state index in [9.17, 15) is 0 Å². The average Bonchev–Trinajstić information content (AvgIpc) is 3.54. The van der Waals surface area contributed by atoms with Gasteiger partial charge in [-0.1, -0.05) is 166 Å². The van der Waals surface area contributed by atoms with Gasteiger partial charge in [0.25, 0.3) is 0 Å². The Morgan fingerprint density at radius 2 is 0.729 bits per heavy atom. The number of hydrogen-bond acceptors (Lipinski definition) is 3. The van der Waals surface area contributed by atoms with Crippen LogP contribution >= 0.6 is 0 Å². The minimum atomic E-state index is -0.129. The fourth-order valence-corrected chi connectivity index (χ4v) is 8.42. The van der Waals surface area contributed by atoms with Crippen molar-refractivity contribution in [1.82, 2.24) is 15.0 Å². The Morgan fingerprint density at radius 3 is 1.29 bits per heavy atom. The molecule has 4 nitrogen and oxygen atoms in total. The van der Waals surface area contributed by atoms with Crippen LogP contribution in [0.2, 0.25) is 0 Å². The van der Waals surface area contributed by atoms with E-state index in [4.69, 9.17) is 21.5 Å². The van der Waals surface area contributed by atoms with E-state index < -0.39 is 0 Å². The van der Waals surface area contributed by atoms with Crippen LogP contribution in [-0.4, -0.2) is 15.0 Å². The van der Waals surface area contributed by atoms with Gasteiger partial charge in [-0.25, -0.2) is 19.8 Å². The Kier molecular flexibility index (Phi) is 8.85. The van der Waals surface area contributed by atoms with Gasteiger partial charge in [-0.2, -0.15) is 0 Å². The quantitative estimate of drug-likeness (QED) is 0.152. The van der Waals surface area contributed by atoms with Crippen molar-refractivity contribution in [2.45, 2.75) is 19.3 Å². The van der Waals surface area contributed by atoms with Gasteiger partial charge in [-0.15, -0.1) is 0 Å². The second-order valence-corrected chi connectivity index (χ2v) is 15.6. The second-order valence-electron chi connectivity index (χ2n) is 15.6. The third-order valence-electron chi connectivity index (χ3n) is 11.5. The minimum absolute atomic E-state index is 0.129. The van der Waals surface area contributed by atoms with Gasteiger partial charge in [0, 0.05) is 22.1 Å². The molecule has 0 N–H and O–H groups in total. The lowest BCUT2D eigenvalue weighted by atomic mass is 9.82. The lowest BCUT2D eigenvalue weighted by molar-refractivity contribution is 0.660. The van der Waals surface area contributed by atoms with Gasteiger partial charge in [0.2, 0.25) is 0 Å². The van der Waals surface area contributed by atoms with Crippen LogP contribution in [0, 0.1) is 6.57 Å². The molecule has 0 amide bonds. The molecule has 8 aromatic carbocycles. The number of rotatable bonds is 7. The summed E-state index contributed by atoms with van der Waals surface area (Å²) < 4.78 is 0. The van der Waals surface area contributed by atoms with Crippen molar-refractivity contribution >= 4 is 5.69 Å². The number of hydrogen-bond donors (Lipinski definition) is 0. The molecule has 1 aromatic heterocycles. The first-order chi connectivity index (χ1) is 28.9. The molecule has 0 spiro atoms. The summed E-state index contributed by atoms with van der Waals surface area (Å²) in [6.45, 7) is 12.2. The Balaban J connectivity index is 1.06. The van der Waals surface area contributed by atoms with Gasteiger partial charge >= 0.3 is 0 Å². The third-order valence-corrected chi connectivity index (χ3v) is 11.5. The van der Waals surface area contributed by atoms with Crippen molar-refractivity contribution in [1.29, 1.82) is 0 Å². The fourth-order valence-electron chi connectivity index (χ4n) is 8.42. The van der Waals surface area contributed by atoms with Crippen molar-refractivity contribution in [2.24, 2.45) is 0 Å². The standard InChI is InChI=1S/C55H38N4/c1-55(2)50-27-25-42(34-48(50)49-35-47(56-3)26-28-51(49)55)40-22-13-21-39(29-40)41-23-14-24-43(30-41)53-57-52(38-19-11-6-12-20-38)58-54(59-53)46-32-44(36-15-7-4-8-16-36)31-45(33-46)37-17-9-5-10-18-37/h4-35H,1-2H3. The summed E-state index contributed by atoms with van der Waals surface area (Å²) in [6.07, 6.45) is 0. The SMILES string of the molecule is [C-]#[N+]c1ccc2c(c1)-c1cc(-c3cccc(-c4cccc(-c5nc(-c6ccccc6)nc(-c6cc(-c7ccccc7)cc(-c7ccccc7)c6)n5)c4)c3)ccc1C2(C)C. The molecule has 0 aliphatic heterocycles. The molecule has 0 atom stereocenters. The average molecular weight is 755 g/mol. The predicted octanol–water partition coefficient (Wildman–Crippen LogP) is 14.4. The van der Waals surface area contributed by atoms with Gasteiger partial charge in [-0.3, -0.25) is 0 Å². The van der Waals surface area contributed by atoms with E-state index >= 15 is 0 Å². The van der Waals surface area contributed by atoms with Crippen LogP contribution in [0.3, 0.4) is 0 Å². The van der Waals surface area contributed by atoms with E-state index in [1.54, 1.807) is 0 Å². The second kappa shape index (κ2) is 14.6. The zero-order valence-corrected chi connectivity index (χ0v) is 32.8. The molecule has 1 heterocycles. The van der Waals surface area contributed by atoms with Crippen molar-refractivity contribution in [3.63, 3.8) is 0 Å². The van der Waals surface area contributed by atoms with Gasteiger partial charge in [0.15, 0.2) is 23.2 Å². The van der Waals surface area contributed by atoms with E-state index in [0.29, 0.717) is 23.2 Å². The van der Waals surface area contributed by atoms with E-state index in [-0.39, 0.29) is 5.41 Å². The summed E-state index contributed by atoms with van der Waals surface area (Å²) >= 11 is 0. The maximum Gasteiger partial charge on any atom is 0.187 e. The van der Waals surface area contributed by atoms with Crippen LogP contribution in [0.5, 0.6) is 0 Å². The van der Waals surface area contributed by atoms with Crippen molar-refractivity contribution < 1.29 is 0 Å². The largest absolute Gasteiger partial charge is 0.238 e. The van der Waals surface area contributed by atoms with Crippen molar-refractivity contribution in [3.8, 4) is 89.8 Å². The molecule has 59 heavy (non-hydrogen) atoms. The topological polar surface area (TPSA) is 43.0 Å². The number of benzene rings is 8. The monoisotopic (exact) mass is 754 g/mol. The summed E-state index contributed by atoms with van der Waals surface area (Å²) in [7, 11) is 0. The molecule has 10 rings (SSSR count). The molecule has 0 fully saturated rings. The smallest absolute Gasteiger partial charge is 0.187 e. The summed E-state index contributed by atoms with van der Waals surface area (Å²) in [5.74, 6) is 1.84. The molecule has 4 heteroatoms. The Bertz CT molecular complexity index is 3010. The maximum absolute atomic E-state index is 7.63. The number of nitrogens with zero attached hydrogens (tertiary/aromatic N) is 4. The van der Waals surface area contributed by atoms with Gasteiger partial charge in [0.05, 0.1) is 6.57 Å². The van der Waals surface area contributed by atoms with Crippen LogP contribution in [0.15, 0.2) is 194 Å². The van der Waals surface area contributed by atoms with Crippen LogP contribution in [0.4, 0.5) is 5.69 Å². The Hall–Kier alpha value is -7.74. The molecule has 0 bridgehead atoms. The van der Waals surface area contributed by atoms with E-state index in [1.165, 1.54) is 16.7 Å². The number of aromatic nitrogens is 3. The third kappa shape index (κ3) is 6.69.